The van der Waals surface area contributed by atoms with E-state index in [0.717, 1.165) is 16.5 Å². The molecule has 7 nitrogen and oxygen atoms in total. The van der Waals surface area contributed by atoms with E-state index in [1.807, 2.05) is 60.8 Å². The highest BCUT2D eigenvalue weighted by molar-refractivity contribution is 6.04. The fourth-order valence-electron chi connectivity index (χ4n) is 4.76. The molecule has 4 aromatic rings. The van der Waals surface area contributed by atoms with Crippen molar-refractivity contribution in [3.05, 3.63) is 89.6 Å². The van der Waals surface area contributed by atoms with Crippen molar-refractivity contribution in [3.63, 3.8) is 0 Å². The predicted octanol–water partition coefficient (Wildman–Crippen LogP) is 4.73. The van der Waals surface area contributed by atoms with Crippen molar-refractivity contribution in [2.75, 3.05) is 26.6 Å². The van der Waals surface area contributed by atoms with E-state index in [1.165, 1.54) is 0 Å². The molecule has 0 radical (unpaired) electrons. The van der Waals surface area contributed by atoms with Crippen molar-refractivity contribution in [3.8, 4) is 11.5 Å². The van der Waals surface area contributed by atoms with Crippen LogP contribution in [0.1, 0.15) is 33.4 Å². The Morgan fingerprint density at radius 2 is 1.76 bits per heavy atom. The summed E-state index contributed by atoms with van der Waals surface area (Å²) in [5.74, 6) is 0.169. The van der Waals surface area contributed by atoms with Crippen molar-refractivity contribution in [1.82, 2.24) is 9.88 Å². The standard InChI is InChI=1S/C27H25N3O4/c1-30-25(17-8-11-22(33-2)23(15-17)34-3)24(19-6-4-5-7-20(19)27(30)32)26(31)29-18-9-10-21-16(14-18)12-13-28-21/h4-15,24-25,28H,1-3H3,(H,29,31)/t24-,25+/m1/s1. The van der Waals surface area contributed by atoms with Gasteiger partial charge in [0, 0.05) is 35.4 Å². The molecule has 34 heavy (non-hydrogen) atoms. The zero-order valence-electron chi connectivity index (χ0n) is 19.2. The first-order valence-electron chi connectivity index (χ1n) is 11.0. The van der Waals surface area contributed by atoms with Gasteiger partial charge in [0.2, 0.25) is 5.91 Å². The SMILES string of the molecule is COc1ccc([C@H]2[C@H](C(=O)Nc3ccc4[nH]ccc4c3)c3ccccc3C(=O)N2C)cc1OC. The summed E-state index contributed by atoms with van der Waals surface area (Å²) in [6.07, 6.45) is 1.86. The lowest BCUT2D eigenvalue weighted by Gasteiger charge is -2.40. The number of methoxy groups -OCH3 is 2. The molecule has 2 amide bonds. The Morgan fingerprint density at radius 3 is 2.56 bits per heavy atom. The van der Waals surface area contributed by atoms with Crippen LogP contribution in [0, 0.1) is 0 Å². The number of hydrogen-bond acceptors (Lipinski definition) is 4. The quantitative estimate of drug-likeness (QED) is 0.456. The van der Waals surface area contributed by atoms with Crippen LogP contribution in [0.15, 0.2) is 72.9 Å². The normalized spacial score (nSPS) is 17.4. The van der Waals surface area contributed by atoms with Crippen molar-refractivity contribution >= 4 is 28.4 Å². The van der Waals surface area contributed by atoms with E-state index in [2.05, 4.69) is 10.3 Å². The number of benzene rings is 3. The first-order chi connectivity index (χ1) is 16.5. The lowest BCUT2D eigenvalue weighted by Crippen LogP contribution is -2.44. The second-order valence-corrected chi connectivity index (χ2v) is 8.31. The molecule has 1 aromatic heterocycles. The molecule has 0 saturated carbocycles. The van der Waals surface area contributed by atoms with Crippen LogP contribution in [0.2, 0.25) is 0 Å². The molecule has 172 valence electrons. The number of nitrogens with one attached hydrogen (secondary N) is 2. The van der Waals surface area contributed by atoms with E-state index in [-0.39, 0.29) is 11.8 Å². The Hall–Kier alpha value is -4.26. The van der Waals surface area contributed by atoms with Crippen LogP contribution in [-0.2, 0) is 4.79 Å². The summed E-state index contributed by atoms with van der Waals surface area (Å²) in [7, 11) is 4.86. The number of anilines is 1. The monoisotopic (exact) mass is 455 g/mol. The van der Waals surface area contributed by atoms with E-state index in [9.17, 15) is 9.59 Å². The number of aromatic nitrogens is 1. The van der Waals surface area contributed by atoms with Crippen LogP contribution in [-0.4, -0.2) is 43.0 Å². The summed E-state index contributed by atoms with van der Waals surface area (Å²) < 4.78 is 10.9. The maximum Gasteiger partial charge on any atom is 0.254 e. The molecule has 0 unspecified atom stereocenters. The maximum absolute atomic E-state index is 13.8. The molecular weight excluding hydrogens is 430 g/mol. The van der Waals surface area contributed by atoms with Gasteiger partial charge in [-0.15, -0.1) is 0 Å². The molecule has 0 spiro atoms. The van der Waals surface area contributed by atoms with Gasteiger partial charge in [0.1, 0.15) is 0 Å². The summed E-state index contributed by atoms with van der Waals surface area (Å²) >= 11 is 0. The molecule has 0 aliphatic carbocycles. The number of aromatic amines is 1. The first-order valence-corrected chi connectivity index (χ1v) is 11.0. The van der Waals surface area contributed by atoms with Crippen LogP contribution in [0.25, 0.3) is 10.9 Å². The molecule has 1 aliphatic heterocycles. The van der Waals surface area contributed by atoms with Gasteiger partial charge in [0.05, 0.1) is 26.2 Å². The average Bonchev–Trinajstić information content (AvgIpc) is 3.33. The van der Waals surface area contributed by atoms with Crippen LogP contribution in [0.5, 0.6) is 11.5 Å². The Morgan fingerprint density at radius 1 is 0.971 bits per heavy atom. The molecule has 0 fully saturated rings. The van der Waals surface area contributed by atoms with Gasteiger partial charge in [-0.1, -0.05) is 24.3 Å². The van der Waals surface area contributed by atoms with Crippen molar-refractivity contribution in [1.29, 1.82) is 0 Å². The van der Waals surface area contributed by atoms with Crippen molar-refractivity contribution in [2.45, 2.75) is 12.0 Å². The molecule has 7 heteroatoms. The van der Waals surface area contributed by atoms with Crippen LogP contribution < -0.4 is 14.8 Å². The second kappa shape index (κ2) is 8.59. The fourth-order valence-corrected chi connectivity index (χ4v) is 4.76. The van der Waals surface area contributed by atoms with Gasteiger partial charge in [-0.2, -0.15) is 0 Å². The van der Waals surface area contributed by atoms with Crippen LogP contribution in [0.4, 0.5) is 5.69 Å². The minimum atomic E-state index is -0.626. The number of carbonyl (C=O) groups is 2. The highest BCUT2D eigenvalue weighted by atomic mass is 16.5. The number of amides is 2. The fraction of sp³-hybridized carbons (Fsp3) is 0.185. The third kappa shape index (κ3) is 3.55. The number of H-pyrrole nitrogens is 1. The first kappa shape index (κ1) is 21.6. The highest BCUT2D eigenvalue weighted by Crippen LogP contribution is 2.44. The van der Waals surface area contributed by atoms with E-state index < -0.39 is 12.0 Å². The number of carbonyl (C=O) groups excluding carboxylic acids is 2. The minimum Gasteiger partial charge on any atom is -0.493 e. The molecule has 1 aliphatic rings. The Kier molecular flexibility index (Phi) is 5.45. The number of rotatable bonds is 5. The van der Waals surface area contributed by atoms with Crippen molar-refractivity contribution < 1.29 is 19.1 Å². The molecule has 2 N–H and O–H groups in total. The zero-order valence-corrected chi connectivity index (χ0v) is 19.2. The molecule has 3 aromatic carbocycles. The Bertz CT molecular complexity index is 1390. The number of likely N-dealkylation sites (N-methyl/N-ethyl adjacent to an activating group) is 1. The number of nitrogens with zero attached hydrogens (tertiary/aromatic N) is 1. The molecule has 2 heterocycles. The lowest BCUT2D eigenvalue weighted by atomic mass is 9.79. The van der Waals surface area contributed by atoms with Gasteiger partial charge >= 0.3 is 0 Å². The van der Waals surface area contributed by atoms with Gasteiger partial charge in [0.25, 0.3) is 5.91 Å². The number of fused-ring (bicyclic) bond motifs is 2. The molecule has 0 bridgehead atoms. The third-order valence-corrected chi connectivity index (χ3v) is 6.43. The van der Waals surface area contributed by atoms with Gasteiger partial charge in [-0.3, -0.25) is 9.59 Å². The van der Waals surface area contributed by atoms with Crippen molar-refractivity contribution in [2.24, 2.45) is 0 Å². The minimum absolute atomic E-state index is 0.131. The topological polar surface area (TPSA) is 83.7 Å². The van der Waals surface area contributed by atoms with Gasteiger partial charge in [-0.25, -0.2) is 0 Å². The van der Waals surface area contributed by atoms with E-state index in [4.69, 9.17) is 9.47 Å². The average molecular weight is 456 g/mol. The predicted molar refractivity (Wildman–Crippen MR) is 130 cm³/mol. The van der Waals surface area contributed by atoms with Gasteiger partial charge in [-0.05, 0) is 53.6 Å². The largest absolute Gasteiger partial charge is 0.493 e. The zero-order chi connectivity index (χ0) is 23.8. The van der Waals surface area contributed by atoms with E-state index >= 15 is 0 Å². The highest BCUT2D eigenvalue weighted by Gasteiger charge is 2.42. The smallest absolute Gasteiger partial charge is 0.254 e. The summed E-state index contributed by atoms with van der Waals surface area (Å²) in [6, 6.07) is 19.9. The van der Waals surface area contributed by atoms with Gasteiger partial charge in [0.15, 0.2) is 11.5 Å². The van der Waals surface area contributed by atoms with Crippen LogP contribution in [0.3, 0.4) is 0 Å². The molecule has 2 atom stereocenters. The van der Waals surface area contributed by atoms with Crippen LogP contribution >= 0.6 is 0 Å². The number of ether oxygens (including phenoxy) is 2. The summed E-state index contributed by atoms with van der Waals surface area (Å²) in [6.45, 7) is 0. The van der Waals surface area contributed by atoms with E-state index in [1.54, 1.807) is 38.3 Å². The maximum atomic E-state index is 13.8. The summed E-state index contributed by atoms with van der Waals surface area (Å²) in [5.41, 5.74) is 3.70. The Labute approximate surface area is 197 Å². The van der Waals surface area contributed by atoms with Gasteiger partial charge < -0.3 is 24.7 Å². The molecular formula is C27H25N3O4. The number of hydrogen-bond donors (Lipinski definition) is 2. The second-order valence-electron chi connectivity index (χ2n) is 8.31. The lowest BCUT2D eigenvalue weighted by molar-refractivity contribution is -0.119. The molecule has 0 saturated heterocycles. The molecule has 5 rings (SSSR count). The summed E-state index contributed by atoms with van der Waals surface area (Å²) in [4.78, 5) is 31.8. The Balaban J connectivity index is 1.60. The van der Waals surface area contributed by atoms with E-state index in [0.29, 0.717) is 28.3 Å². The third-order valence-electron chi connectivity index (χ3n) is 6.43. The summed E-state index contributed by atoms with van der Waals surface area (Å²) in [5, 5.41) is 4.08.